The highest BCUT2D eigenvalue weighted by Gasteiger charge is 2.26. The van der Waals surface area contributed by atoms with E-state index in [0.29, 0.717) is 28.8 Å². The van der Waals surface area contributed by atoms with E-state index in [1.165, 1.54) is 0 Å². The molecule has 2 aromatic rings. The topological polar surface area (TPSA) is 33.6 Å². The molecule has 0 amide bonds. The van der Waals surface area contributed by atoms with Crippen molar-refractivity contribution in [1.29, 1.82) is 0 Å². The quantitative estimate of drug-likeness (QED) is 0.773. The van der Waals surface area contributed by atoms with Crippen LogP contribution in [0.15, 0.2) is 41.5 Å². The molecule has 120 valence electrons. The van der Waals surface area contributed by atoms with Crippen molar-refractivity contribution in [2.75, 3.05) is 6.61 Å². The van der Waals surface area contributed by atoms with Crippen molar-refractivity contribution in [2.45, 2.75) is 19.4 Å². The van der Waals surface area contributed by atoms with Gasteiger partial charge in [0.05, 0.1) is 23.4 Å². The van der Waals surface area contributed by atoms with Crippen molar-refractivity contribution in [3.05, 3.63) is 62.6 Å². The molecule has 0 aliphatic carbocycles. The average Bonchev–Trinajstić information content (AvgIpc) is 3.00. The SMILES string of the molecule is CCOc1c(Cl)cc(Cl)cc1C1=NN[C@H](c2ccccc2Cl)C1. The fraction of sp³-hybridized carbons (Fsp3) is 0.235. The highest BCUT2D eigenvalue weighted by molar-refractivity contribution is 6.36. The first-order valence-corrected chi connectivity index (χ1v) is 8.42. The molecule has 23 heavy (non-hydrogen) atoms. The Balaban J connectivity index is 1.91. The Morgan fingerprint density at radius 1 is 1.17 bits per heavy atom. The number of ether oxygens (including phenoxy) is 1. The summed E-state index contributed by atoms with van der Waals surface area (Å²) in [4.78, 5) is 0. The van der Waals surface area contributed by atoms with E-state index in [2.05, 4.69) is 10.5 Å². The minimum absolute atomic E-state index is 0.0194. The van der Waals surface area contributed by atoms with E-state index in [9.17, 15) is 0 Å². The summed E-state index contributed by atoms with van der Waals surface area (Å²) in [6.07, 6.45) is 0.681. The zero-order valence-corrected chi connectivity index (χ0v) is 14.7. The number of benzene rings is 2. The fourth-order valence-corrected chi connectivity index (χ4v) is 3.43. The van der Waals surface area contributed by atoms with Crippen LogP contribution in [0, 0.1) is 0 Å². The lowest BCUT2D eigenvalue weighted by Gasteiger charge is -2.14. The molecule has 1 aliphatic rings. The zero-order valence-electron chi connectivity index (χ0n) is 12.4. The molecule has 0 bridgehead atoms. The summed E-state index contributed by atoms with van der Waals surface area (Å²) < 4.78 is 5.67. The Morgan fingerprint density at radius 2 is 1.96 bits per heavy atom. The van der Waals surface area contributed by atoms with Crippen LogP contribution in [0.4, 0.5) is 0 Å². The fourth-order valence-electron chi connectivity index (χ4n) is 2.61. The summed E-state index contributed by atoms with van der Waals surface area (Å²) >= 11 is 18.7. The van der Waals surface area contributed by atoms with E-state index in [0.717, 1.165) is 21.9 Å². The van der Waals surface area contributed by atoms with Crippen LogP contribution in [-0.2, 0) is 0 Å². The van der Waals surface area contributed by atoms with Crippen LogP contribution in [0.5, 0.6) is 5.75 Å². The van der Waals surface area contributed by atoms with Crippen molar-refractivity contribution in [3.63, 3.8) is 0 Å². The Bertz CT molecular complexity index is 761. The Labute approximate surface area is 150 Å². The molecule has 0 radical (unpaired) electrons. The monoisotopic (exact) mass is 368 g/mol. The molecule has 0 unspecified atom stereocenters. The summed E-state index contributed by atoms with van der Waals surface area (Å²) in [6, 6.07) is 11.3. The van der Waals surface area contributed by atoms with Crippen molar-refractivity contribution in [2.24, 2.45) is 5.10 Å². The molecule has 3 rings (SSSR count). The van der Waals surface area contributed by atoms with Gasteiger partial charge in [-0.15, -0.1) is 0 Å². The minimum atomic E-state index is 0.0194. The van der Waals surface area contributed by atoms with Crippen molar-refractivity contribution < 1.29 is 4.74 Å². The second-order valence-electron chi connectivity index (χ2n) is 5.16. The van der Waals surface area contributed by atoms with E-state index in [4.69, 9.17) is 39.5 Å². The van der Waals surface area contributed by atoms with Gasteiger partial charge in [-0.2, -0.15) is 5.10 Å². The molecule has 0 aromatic heterocycles. The summed E-state index contributed by atoms with van der Waals surface area (Å²) in [5.41, 5.74) is 5.81. The van der Waals surface area contributed by atoms with Gasteiger partial charge in [-0.25, -0.2) is 0 Å². The first kappa shape index (κ1) is 16.4. The maximum atomic E-state index is 6.27. The highest BCUT2D eigenvalue weighted by atomic mass is 35.5. The smallest absolute Gasteiger partial charge is 0.147 e. The normalized spacial score (nSPS) is 16.9. The van der Waals surface area contributed by atoms with Gasteiger partial charge in [0.15, 0.2) is 0 Å². The third-order valence-electron chi connectivity index (χ3n) is 3.64. The Hall–Kier alpha value is -1.42. The van der Waals surface area contributed by atoms with Gasteiger partial charge < -0.3 is 10.2 Å². The largest absolute Gasteiger partial charge is 0.492 e. The molecule has 6 heteroatoms. The molecule has 1 atom stereocenters. The number of halogens is 3. The number of hydrogen-bond acceptors (Lipinski definition) is 3. The van der Waals surface area contributed by atoms with Crippen LogP contribution in [0.3, 0.4) is 0 Å². The summed E-state index contributed by atoms with van der Waals surface area (Å²) in [7, 11) is 0. The van der Waals surface area contributed by atoms with Gasteiger partial charge in [0.1, 0.15) is 5.75 Å². The van der Waals surface area contributed by atoms with Crippen molar-refractivity contribution >= 4 is 40.5 Å². The molecule has 1 aliphatic heterocycles. The lowest BCUT2D eigenvalue weighted by Crippen LogP contribution is -2.10. The van der Waals surface area contributed by atoms with Gasteiger partial charge in [0.25, 0.3) is 0 Å². The highest BCUT2D eigenvalue weighted by Crippen LogP contribution is 2.37. The second-order valence-corrected chi connectivity index (χ2v) is 6.41. The maximum Gasteiger partial charge on any atom is 0.147 e. The van der Waals surface area contributed by atoms with E-state index < -0.39 is 0 Å². The molecule has 1 heterocycles. The van der Waals surface area contributed by atoms with Gasteiger partial charge in [0, 0.05) is 22.0 Å². The van der Waals surface area contributed by atoms with E-state index in [1.807, 2.05) is 37.3 Å². The molecular formula is C17H15Cl3N2O. The molecular weight excluding hydrogens is 355 g/mol. The molecule has 1 N–H and O–H groups in total. The summed E-state index contributed by atoms with van der Waals surface area (Å²) in [5.74, 6) is 0.610. The Kier molecular flexibility index (Phi) is 5.00. The lowest BCUT2D eigenvalue weighted by atomic mass is 9.98. The first-order chi connectivity index (χ1) is 11.1. The molecule has 2 aromatic carbocycles. The molecule has 0 spiro atoms. The van der Waals surface area contributed by atoms with Crippen LogP contribution in [-0.4, -0.2) is 12.3 Å². The molecule has 3 nitrogen and oxygen atoms in total. The second kappa shape index (κ2) is 7.00. The Morgan fingerprint density at radius 3 is 2.70 bits per heavy atom. The number of hydrogen-bond donors (Lipinski definition) is 1. The minimum Gasteiger partial charge on any atom is -0.492 e. The van der Waals surface area contributed by atoms with Gasteiger partial charge in [0.2, 0.25) is 0 Å². The molecule has 0 fully saturated rings. The van der Waals surface area contributed by atoms with Crippen LogP contribution in [0.1, 0.15) is 30.5 Å². The number of hydrazone groups is 1. The van der Waals surface area contributed by atoms with Crippen molar-refractivity contribution in [1.82, 2.24) is 5.43 Å². The first-order valence-electron chi connectivity index (χ1n) is 7.29. The van der Waals surface area contributed by atoms with Gasteiger partial charge in [-0.3, -0.25) is 0 Å². The van der Waals surface area contributed by atoms with Crippen LogP contribution >= 0.6 is 34.8 Å². The third-order valence-corrected chi connectivity index (χ3v) is 4.48. The summed E-state index contributed by atoms with van der Waals surface area (Å²) in [5, 5.41) is 6.20. The van der Waals surface area contributed by atoms with Crippen LogP contribution in [0.2, 0.25) is 15.1 Å². The third kappa shape index (κ3) is 3.42. The van der Waals surface area contributed by atoms with Crippen LogP contribution < -0.4 is 10.2 Å². The predicted molar refractivity (Wildman–Crippen MR) is 96.1 cm³/mol. The number of rotatable bonds is 4. The van der Waals surface area contributed by atoms with E-state index >= 15 is 0 Å². The standard InChI is InChI=1S/C17H15Cl3N2O/c1-2-23-17-12(7-10(18)8-14(17)20)16-9-15(21-22-16)11-5-3-4-6-13(11)19/h3-8,15,21H,2,9H2,1H3/t15-/m0/s1. The molecule has 0 saturated heterocycles. The van der Waals surface area contributed by atoms with Gasteiger partial charge >= 0.3 is 0 Å². The van der Waals surface area contributed by atoms with Crippen molar-refractivity contribution in [3.8, 4) is 5.75 Å². The summed E-state index contributed by atoms with van der Waals surface area (Å²) in [6.45, 7) is 2.43. The van der Waals surface area contributed by atoms with E-state index in [-0.39, 0.29) is 6.04 Å². The molecule has 0 saturated carbocycles. The predicted octanol–water partition coefficient (Wildman–Crippen LogP) is 5.48. The maximum absolute atomic E-state index is 6.27. The lowest BCUT2D eigenvalue weighted by molar-refractivity contribution is 0.340. The average molecular weight is 370 g/mol. The van der Waals surface area contributed by atoms with E-state index in [1.54, 1.807) is 6.07 Å². The van der Waals surface area contributed by atoms with Gasteiger partial charge in [-0.1, -0.05) is 53.0 Å². The zero-order chi connectivity index (χ0) is 16.4. The van der Waals surface area contributed by atoms with Gasteiger partial charge in [-0.05, 0) is 30.7 Å². The van der Waals surface area contributed by atoms with Crippen LogP contribution in [0.25, 0.3) is 0 Å². The number of nitrogens with zero attached hydrogens (tertiary/aromatic N) is 1. The number of nitrogens with one attached hydrogen (secondary N) is 1.